The first-order chi connectivity index (χ1) is 14.2. The number of hydrogen-bond acceptors (Lipinski definition) is 3. The molecule has 3 nitrogen and oxygen atoms in total. The molecule has 3 N–H and O–H groups in total. The first-order valence-electron chi connectivity index (χ1n) is 10.9. The number of carbonyl (C=O) groups is 1. The zero-order valence-electron chi connectivity index (χ0n) is 17.9. The number of carbonyl (C=O) groups excluding carboxylic acids is 1. The zero-order valence-corrected chi connectivity index (χ0v) is 17.9. The Morgan fingerprint density at radius 3 is 1.97 bits per heavy atom. The maximum Gasteiger partial charge on any atom is 0.168 e. The van der Waals surface area contributed by atoms with E-state index in [1.165, 1.54) is 31.7 Å². The van der Waals surface area contributed by atoms with Gasteiger partial charge in [-0.3, -0.25) is 4.79 Å². The highest BCUT2D eigenvalue weighted by atomic mass is 16.3. The third-order valence-corrected chi connectivity index (χ3v) is 4.59. The third-order valence-electron chi connectivity index (χ3n) is 4.59. The van der Waals surface area contributed by atoms with Crippen LogP contribution < -0.4 is 5.73 Å². The Kier molecular flexibility index (Phi) is 13.9. The van der Waals surface area contributed by atoms with Crippen molar-refractivity contribution in [2.24, 2.45) is 0 Å². The van der Waals surface area contributed by atoms with Gasteiger partial charge < -0.3 is 10.8 Å². The summed E-state index contributed by atoms with van der Waals surface area (Å²) in [6.45, 7) is 2.23. The molecule has 0 aliphatic heterocycles. The maximum absolute atomic E-state index is 12.2. The van der Waals surface area contributed by atoms with E-state index in [1.807, 2.05) is 0 Å². The summed E-state index contributed by atoms with van der Waals surface area (Å²) in [5, 5.41) is 9.77. The number of hydrogen-bond donors (Lipinski definition) is 2. The Labute approximate surface area is 176 Å². The minimum Gasteiger partial charge on any atom is -0.507 e. The van der Waals surface area contributed by atoms with Crippen LogP contribution in [-0.2, 0) is 0 Å². The number of benzene rings is 1. The van der Waals surface area contributed by atoms with Crippen molar-refractivity contribution in [1.29, 1.82) is 0 Å². The summed E-state index contributed by atoms with van der Waals surface area (Å²) in [6.07, 6.45) is 27.5. The van der Waals surface area contributed by atoms with Gasteiger partial charge in [0, 0.05) is 12.1 Å². The van der Waals surface area contributed by atoms with E-state index >= 15 is 0 Å². The van der Waals surface area contributed by atoms with E-state index in [0.717, 1.165) is 32.1 Å². The topological polar surface area (TPSA) is 63.3 Å². The average molecular weight is 396 g/mol. The van der Waals surface area contributed by atoms with Crippen molar-refractivity contribution in [3.05, 3.63) is 72.4 Å². The van der Waals surface area contributed by atoms with Gasteiger partial charge in [-0.1, -0.05) is 74.4 Å². The Morgan fingerprint density at radius 1 is 0.862 bits per heavy atom. The van der Waals surface area contributed by atoms with Crippen molar-refractivity contribution < 1.29 is 9.90 Å². The molecule has 0 saturated heterocycles. The number of nitrogen functional groups attached to an aromatic ring is 1. The Balaban J connectivity index is 2.07. The lowest BCUT2D eigenvalue weighted by atomic mass is 10.0. The van der Waals surface area contributed by atoms with Gasteiger partial charge in [0.25, 0.3) is 0 Å². The van der Waals surface area contributed by atoms with Gasteiger partial charge >= 0.3 is 0 Å². The zero-order chi connectivity index (χ0) is 21.2. The summed E-state index contributed by atoms with van der Waals surface area (Å²) in [4.78, 5) is 12.2. The van der Waals surface area contributed by atoms with Gasteiger partial charge in [-0.15, -0.1) is 0 Å². The lowest BCUT2D eigenvalue weighted by Crippen LogP contribution is -2.03. The van der Waals surface area contributed by atoms with Crippen molar-refractivity contribution >= 4 is 11.5 Å². The molecule has 1 rings (SSSR count). The molecular weight excluding hydrogens is 358 g/mol. The van der Waals surface area contributed by atoms with Crippen LogP contribution in [0.2, 0.25) is 0 Å². The summed E-state index contributed by atoms with van der Waals surface area (Å²) in [7, 11) is 0. The summed E-state index contributed by atoms with van der Waals surface area (Å²) >= 11 is 0. The molecule has 0 unspecified atom stereocenters. The molecule has 0 saturated carbocycles. The number of allylic oxidation sites excluding steroid dienone is 8. The van der Waals surface area contributed by atoms with E-state index in [4.69, 9.17) is 5.73 Å². The van der Waals surface area contributed by atoms with E-state index in [9.17, 15) is 9.90 Å². The minimum atomic E-state index is -0.100. The molecule has 29 heavy (non-hydrogen) atoms. The summed E-state index contributed by atoms with van der Waals surface area (Å²) in [6, 6.07) is 4.77. The number of unbranched alkanes of at least 4 members (excludes halogenated alkanes) is 4. The number of aromatic hydroxyl groups is 1. The summed E-state index contributed by atoms with van der Waals surface area (Å²) in [5.41, 5.74) is 6.37. The normalized spacial score (nSPS) is 12.2. The molecule has 1 aromatic rings. The van der Waals surface area contributed by atoms with Crippen LogP contribution in [0.5, 0.6) is 5.75 Å². The van der Waals surface area contributed by atoms with Gasteiger partial charge in [-0.2, -0.15) is 0 Å². The van der Waals surface area contributed by atoms with Crippen LogP contribution in [0.1, 0.15) is 81.5 Å². The molecule has 0 atom stereocenters. The standard InChI is InChI=1S/C26H37NO2/c1-2-3-4-5-6-7-8-9-10-11-12-13-14-15-16-17-18-21-24(28)26-23(27)20-19-22-25(26)29/h6-7,9-10,12-13,15-16,19-20,22,29H,2-5,8,11,14,17-18,21,27H2,1H3/b7-6-,10-9-,13-12-,16-15-. The molecule has 0 spiro atoms. The molecule has 0 aliphatic carbocycles. The first kappa shape index (κ1) is 24.5. The van der Waals surface area contributed by atoms with Crippen molar-refractivity contribution in [2.75, 3.05) is 5.73 Å². The first-order valence-corrected chi connectivity index (χ1v) is 10.9. The molecule has 0 aliphatic rings. The SMILES string of the molecule is CCCCC/C=C\C/C=C\C/C=C\C/C=C\CCCC(=O)c1c(N)cccc1O. The number of ketones is 1. The second-order valence-electron chi connectivity index (χ2n) is 7.15. The number of rotatable bonds is 15. The fraction of sp³-hybridized carbons (Fsp3) is 0.423. The van der Waals surface area contributed by atoms with Gasteiger partial charge in [0.2, 0.25) is 0 Å². The van der Waals surface area contributed by atoms with Crippen LogP contribution in [0.15, 0.2) is 66.8 Å². The van der Waals surface area contributed by atoms with Crippen molar-refractivity contribution in [3.63, 3.8) is 0 Å². The maximum atomic E-state index is 12.2. The highest BCUT2D eigenvalue weighted by molar-refractivity contribution is 6.03. The Hall–Kier alpha value is -2.55. The predicted octanol–water partition coefficient (Wildman–Crippen LogP) is 7.30. The van der Waals surface area contributed by atoms with E-state index < -0.39 is 0 Å². The molecule has 3 heteroatoms. The smallest absolute Gasteiger partial charge is 0.168 e. The fourth-order valence-electron chi connectivity index (χ4n) is 2.93. The molecule has 158 valence electrons. The van der Waals surface area contributed by atoms with E-state index in [2.05, 4.69) is 55.5 Å². The van der Waals surface area contributed by atoms with Crippen LogP contribution in [0, 0.1) is 0 Å². The van der Waals surface area contributed by atoms with Gasteiger partial charge in [0.1, 0.15) is 5.75 Å². The largest absolute Gasteiger partial charge is 0.507 e. The molecule has 0 radical (unpaired) electrons. The Morgan fingerprint density at radius 2 is 1.41 bits per heavy atom. The number of nitrogens with two attached hydrogens (primary N) is 1. The predicted molar refractivity (Wildman–Crippen MR) is 125 cm³/mol. The highest BCUT2D eigenvalue weighted by Gasteiger charge is 2.13. The number of phenols is 1. The van der Waals surface area contributed by atoms with Gasteiger partial charge in [-0.05, 0) is 57.1 Å². The highest BCUT2D eigenvalue weighted by Crippen LogP contribution is 2.25. The van der Waals surface area contributed by atoms with Crippen LogP contribution in [0.25, 0.3) is 0 Å². The van der Waals surface area contributed by atoms with Crippen LogP contribution in [-0.4, -0.2) is 10.9 Å². The number of Topliss-reactive ketones (excluding diaryl/α,β-unsaturated/α-hetero) is 1. The lowest BCUT2D eigenvalue weighted by molar-refractivity contribution is 0.0978. The van der Waals surface area contributed by atoms with Gasteiger partial charge in [0.15, 0.2) is 5.78 Å². The summed E-state index contributed by atoms with van der Waals surface area (Å²) < 4.78 is 0. The number of anilines is 1. The van der Waals surface area contributed by atoms with E-state index in [0.29, 0.717) is 12.1 Å². The van der Waals surface area contributed by atoms with Crippen LogP contribution in [0.3, 0.4) is 0 Å². The molecular formula is C26H37NO2. The average Bonchev–Trinajstić information content (AvgIpc) is 2.70. The van der Waals surface area contributed by atoms with Crippen LogP contribution >= 0.6 is 0 Å². The summed E-state index contributed by atoms with van der Waals surface area (Å²) in [5.74, 6) is -0.135. The van der Waals surface area contributed by atoms with Crippen LogP contribution in [0.4, 0.5) is 5.69 Å². The molecule has 1 aromatic carbocycles. The molecule has 0 amide bonds. The van der Waals surface area contributed by atoms with Crippen molar-refractivity contribution in [1.82, 2.24) is 0 Å². The Bertz CT molecular complexity index is 678. The van der Waals surface area contributed by atoms with Crippen molar-refractivity contribution in [3.8, 4) is 5.75 Å². The molecule has 0 fully saturated rings. The molecule has 0 heterocycles. The fourth-order valence-corrected chi connectivity index (χ4v) is 2.93. The minimum absolute atomic E-state index is 0.0345. The van der Waals surface area contributed by atoms with Gasteiger partial charge in [0.05, 0.1) is 5.56 Å². The van der Waals surface area contributed by atoms with E-state index in [-0.39, 0.29) is 17.1 Å². The quantitative estimate of drug-likeness (QED) is 0.142. The number of phenolic OH excluding ortho intramolecular Hbond substituents is 1. The lowest BCUT2D eigenvalue weighted by Gasteiger charge is -2.06. The monoisotopic (exact) mass is 395 g/mol. The second kappa shape index (κ2) is 16.4. The third kappa shape index (κ3) is 11.8. The van der Waals surface area contributed by atoms with Crippen molar-refractivity contribution in [2.45, 2.75) is 71.1 Å². The van der Waals surface area contributed by atoms with E-state index in [1.54, 1.807) is 12.1 Å². The molecule has 0 bridgehead atoms. The molecule has 0 aromatic heterocycles. The van der Waals surface area contributed by atoms with Gasteiger partial charge in [-0.25, -0.2) is 0 Å². The second-order valence-corrected chi connectivity index (χ2v) is 7.15.